The maximum absolute atomic E-state index is 11.5. The van der Waals surface area contributed by atoms with E-state index >= 15 is 0 Å². The minimum absolute atomic E-state index is 0.179. The van der Waals surface area contributed by atoms with Crippen molar-refractivity contribution in [2.45, 2.75) is 31.5 Å². The van der Waals surface area contributed by atoms with E-state index in [4.69, 9.17) is 35.6 Å². The summed E-state index contributed by atoms with van der Waals surface area (Å²) in [6.45, 7) is 6.67. The van der Waals surface area contributed by atoms with Gasteiger partial charge in [-0.2, -0.15) is 0 Å². The van der Waals surface area contributed by atoms with Crippen LogP contribution in [0, 0.1) is 0 Å². The van der Waals surface area contributed by atoms with Gasteiger partial charge in [0.1, 0.15) is 24.7 Å². The molecule has 14 heteroatoms. The Morgan fingerprint density at radius 3 is 2.05 bits per heavy atom. The molecule has 3 aromatic rings. The van der Waals surface area contributed by atoms with E-state index in [0.29, 0.717) is 6.61 Å². The summed E-state index contributed by atoms with van der Waals surface area (Å²) in [5.41, 5.74) is 4.90. The lowest BCUT2D eigenvalue weighted by atomic mass is 9.96. The largest absolute Gasteiger partial charge is 0.497 e. The van der Waals surface area contributed by atoms with Gasteiger partial charge in [-0.3, -0.25) is 24.2 Å². The Hall–Kier alpha value is -4.66. The zero-order chi connectivity index (χ0) is 32.3. The van der Waals surface area contributed by atoms with Crippen molar-refractivity contribution in [1.82, 2.24) is 14.4 Å². The van der Waals surface area contributed by atoms with E-state index in [1.54, 1.807) is 7.11 Å². The van der Waals surface area contributed by atoms with E-state index in [1.165, 1.54) is 5.56 Å². The molecule has 14 nitrogen and oxygen atoms in total. The third-order valence-electron chi connectivity index (χ3n) is 7.06. The fourth-order valence-electron chi connectivity index (χ4n) is 4.84. The number of carboxylic acids is 3. The molecule has 0 aliphatic carbocycles. The van der Waals surface area contributed by atoms with Gasteiger partial charge in [-0.1, -0.05) is 18.2 Å². The first-order valence-electron chi connectivity index (χ1n) is 13.9. The van der Waals surface area contributed by atoms with Crippen molar-refractivity contribution in [3.05, 3.63) is 60.3 Å². The van der Waals surface area contributed by atoms with Gasteiger partial charge in [-0.05, 0) is 35.9 Å². The predicted octanol–water partition coefficient (Wildman–Crippen LogP) is 1.08. The Morgan fingerprint density at radius 2 is 1.50 bits per heavy atom. The lowest BCUT2D eigenvalue weighted by Gasteiger charge is -2.34. The highest BCUT2D eigenvalue weighted by molar-refractivity contribution is 5.88. The number of amides is 1. The maximum atomic E-state index is 11.5. The monoisotopic (exact) mass is 614 g/mol. The molecule has 44 heavy (non-hydrogen) atoms. The molecular weight excluding hydrogens is 576 g/mol. The van der Waals surface area contributed by atoms with E-state index < -0.39 is 36.4 Å². The highest BCUT2D eigenvalue weighted by Crippen LogP contribution is 2.27. The molecule has 1 aliphatic rings. The molecule has 0 radical (unpaired) electrons. The summed E-state index contributed by atoms with van der Waals surface area (Å²) in [7, 11) is 1.67. The SMILES string of the molecule is COc1ccc2c(c1)c(CN1CCN(CCOc3ccccc3)CC1)cn2CC(N)=O.O=C(O)CC(O)(CC(=O)O)C(=O)O. The maximum Gasteiger partial charge on any atom is 0.336 e. The quantitative estimate of drug-likeness (QED) is 0.173. The molecule has 1 aliphatic heterocycles. The van der Waals surface area contributed by atoms with Crippen LogP contribution in [0.25, 0.3) is 10.9 Å². The number of ether oxygens (including phenoxy) is 2. The van der Waals surface area contributed by atoms with E-state index in [1.807, 2.05) is 53.1 Å². The average molecular weight is 615 g/mol. The number of piperazine rings is 1. The molecule has 4 rings (SSSR count). The van der Waals surface area contributed by atoms with Gasteiger partial charge < -0.3 is 40.2 Å². The number of rotatable bonds is 14. The number of hydrogen-bond donors (Lipinski definition) is 5. The molecule has 1 saturated heterocycles. The Morgan fingerprint density at radius 1 is 0.886 bits per heavy atom. The third-order valence-corrected chi connectivity index (χ3v) is 7.06. The fourth-order valence-corrected chi connectivity index (χ4v) is 4.84. The summed E-state index contributed by atoms with van der Waals surface area (Å²) in [5, 5.41) is 34.9. The number of benzene rings is 2. The first-order valence-corrected chi connectivity index (χ1v) is 13.9. The fraction of sp³-hybridized carbons (Fsp3) is 0.400. The molecule has 0 saturated carbocycles. The highest BCUT2D eigenvalue weighted by atomic mass is 16.5. The van der Waals surface area contributed by atoms with Gasteiger partial charge in [0.05, 0.1) is 20.0 Å². The first-order chi connectivity index (χ1) is 20.9. The molecule has 1 aromatic heterocycles. The number of nitrogens with two attached hydrogens (primary N) is 1. The second kappa shape index (κ2) is 15.7. The van der Waals surface area contributed by atoms with Crippen LogP contribution >= 0.6 is 0 Å². The summed E-state index contributed by atoms with van der Waals surface area (Å²) < 4.78 is 13.2. The summed E-state index contributed by atoms with van der Waals surface area (Å²) in [4.78, 5) is 46.9. The van der Waals surface area contributed by atoms with Crippen LogP contribution in [0.4, 0.5) is 0 Å². The predicted molar refractivity (Wildman–Crippen MR) is 158 cm³/mol. The lowest BCUT2D eigenvalue weighted by molar-refractivity contribution is -0.170. The van der Waals surface area contributed by atoms with Gasteiger partial charge >= 0.3 is 17.9 Å². The molecule has 1 fully saturated rings. The van der Waals surface area contributed by atoms with Crippen LogP contribution in [0.2, 0.25) is 0 Å². The van der Waals surface area contributed by atoms with E-state index in [9.17, 15) is 19.2 Å². The number of nitrogens with zero attached hydrogens (tertiary/aromatic N) is 3. The molecule has 238 valence electrons. The minimum Gasteiger partial charge on any atom is -0.497 e. The molecule has 2 aromatic carbocycles. The molecule has 0 atom stereocenters. The minimum atomic E-state index is -2.74. The van der Waals surface area contributed by atoms with Gasteiger partial charge in [0.2, 0.25) is 5.91 Å². The van der Waals surface area contributed by atoms with Crippen molar-refractivity contribution in [2.24, 2.45) is 5.73 Å². The van der Waals surface area contributed by atoms with E-state index in [2.05, 4.69) is 16.0 Å². The van der Waals surface area contributed by atoms with Crippen molar-refractivity contribution < 1.29 is 49.1 Å². The van der Waals surface area contributed by atoms with Crippen LogP contribution < -0.4 is 15.2 Å². The number of aromatic nitrogens is 1. The number of hydrogen-bond acceptors (Lipinski definition) is 9. The van der Waals surface area contributed by atoms with Crippen molar-refractivity contribution in [3.63, 3.8) is 0 Å². The smallest absolute Gasteiger partial charge is 0.336 e. The number of fused-ring (bicyclic) bond motifs is 1. The van der Waals surface area contributed by atoms with Gasteiger partial charge in [0.15, 0.2) is 5.60 Å². The molecule has 6 N–H and O–H groups in total. The van der Waals surface area contributed by atoms with Crippen LogP contribution in [0.15, 0.2) is 54.7 Å². The van der Waals surface area contributed by atoms with Crippen molar-refractivity contribution in [1.29, 1.82) is 0 Å². The Bertz CT molecular complexity index is 1420. The molecular formula is C30H38N4O10. The van der Waals surface area contributed by atoms with E-state index in [0.717, 1.165) is 61.7 Å². The second-order valence-corrected chi connectivity index (χ2v) is 10.4. The van der Waals surface area contributed by atoms with Gasteiger partial charge in [-0.15, -0.1) is 0 Å². The van der Waals surface area contributed by atoms with Crippen LogP contribution in [0.3, 0.4) is 0 Å². The van der Waals surface area contributed by atoms with Crippen molar-refractivity contribution in [2.75, 3.05) is 46.4 Å². The number of carbonyl (C=O) groups excluding carboxylic acids is 1. The molecule has 1 amide bonds. The van der Waals surface area contributed by atoms with Crippen LogP contribution in [-0.2, 0) is 32.3 Å². The normalized spacial score (nSPS) is 14.0. The van der Waals surface area contributed by atoms with Gasteiger partial charge in [0, 0.05) is 56.4 Å². The van der Waals surface area contributed by atoms with Crippen molar-refractivity contribution >= 4 is 34.7 Å². The lowest BCUT2D eigenvalue weighted by Crippen LogP contribution is -2.47. The van der Waals surface area contributed by atoms with Crippen LogP contribution in [0.1, 0.15) is 18.4 Å². The zero-order valence-corrected chi connectivity index (χ0v) is 24.4. The van der Waals surface area contributed by atoms with Crippen LogP contribution in [-0.4, -0.2) is 111 Å². The Labute approximate surface area is 253 Å². The molecule has 2 heterocycles. The Kier molecular flexibility index (Phi) is 12.1. The topological polar surface area (TPSA) is 205 Å². The second-order valence-electron chi connectivity index (χ2n) is 10.4. The molecule has 0 unspecified atom stereocenters. The first kappa shape index (κ1) is 33.8. The van der Waals surface area contributed by atoms with Gasteiger partial charge in [-0.25, -0.2) is 4.79 Å². The third kappa shape index (κ3) is 9.97. The highest BCUT2D eigenvalue weighted by Gasteiger charge is 2.40. The Balaban J connectivity index is 0.000000345. The van der Waals surface area contributed by atoms with Crippen molar-refractivity contribution in [3.8, 4) is 11.5 Å². The average Bonchev–Trinajstić information content (AvgIpc) is 3.29. The summed E-state index contributed by atoms with van der Waals surface area (Å²) in [6.07, 6.45) is -0.238. The standard InChI is InChI=1S/C24H30N4O3.C6H8O7/c1-30-21-7-8-23-22(15-21)19(17-28(23)18-24(25)29)16-27-11-9-26(10-12-27)13-14-31-20-5-3-2-4-6-20;7-3(8)1-6(13,5(11)12)2-4(9)10/h2-8,15,17H,9-14,16,18H2,1H3,(H2,25,29);13H,1-2H2,(H,7,8)(H,9,10)(H,11,12). The number of aliphatic carboxylic acids is 3. The van der Waals surface area contributed by atoms with Crippen LogP contribution in [0.5, 0.6) is 11.5 Å². The number of methoxy groups -OCH3 is 1. The van der Waals surface area contributed by atoms with Gasteiger partial charge in [0.25, 0.3) is 0 Å². The number of carboxylic acid groups (broad SMARTS) is 3. The summed E-state index contributed by atoms with van der Waals surface area (Å²) in [6, 6.07) is 15.9. The molecule has 0 spiro atoms. The van der Waals surface area contributed by atoms with E-state index in [-0.39, 0.29) is 12.5 Å². The summed E-state index contributed by atoms with van der Waals surface area (Å²) in [5.74, 6) is -3.63. The number of primary amides is 1. The number of aliphatic hydroxyl groups is 1. The number of para-hydroxylation sites is 1. The zero-order valence-electron chi connectivity index (χ0n) is 24.4. The summed E-state index contributed by atoms with van der Waals surface area (Å²) >= 11 is 0. The molecule has 0 bridgehead atoms. The number of carbonyl (C=O) groups is 4.